The number of H-pyrrole nitrogens is 1. The number of nitrogens with zero attached hydrogens (tertiary/aromatic N) is 2. The third-order valence-corrected chi connectivity index (χ3v) is 6.87. The van der Waals surface area contributed by atoms with Gasteiger partial charge in [0.25, 0.3) is 5.56 Å². The van der Waals surface area contributed by atoms with Gasteiger partial charge in [0.1, 0.15) is 18.1 Å². The van der Waals surface area contributed by atoms with Gasteiger partial charge < -0.3 is 20.3 Å². The largest absolute Gasteiger partial charge is 0.480 e. The molecule has 3 N–H and O–H groups in total. The number of hydrogen-bond donors (Lipinski definition) is 3. The molecule has 2 amide bonds. The van der Waals surface area contributed by atoms with Crippen molar-refractivity contribution in [2.45, 2.75) is 57.7 Å². The minimum absolute atomic E-state index is 0.0412. The van der Waals surface area contributed by atoms with E-state index in [4.69, 9.17) is 0 Å². The second kappa shape index (κ2) is 11.5. The molecule has 3 unspecified atom stereocenters. The van der Waals surface area contributed by atoms with Crippen molar-refractivity contribution in [3.05, 3.63) is 81.0 Å². The first kappa shape index (κ1) is 26.8. The number of aliphatic carboxylic acids is 1. The van der Waals surface area contributed by atoms with Crippen LogP contribution in [0.1, 0.15) is 44.7 Å². The fourth-order valence-electron chi connectivity index (χ4n) is 5.04. The van der Waals surface area contributed by atoms with Crippen LogP contribution in [0.15, 0.2) is 64.2 Å². The third-order valence-electron chi connectivity index (χ3n) is 6.87. The number of benzene rings is 2. The molecule has 1 aliphatic heterocycles. The van der Waals surface area contributed by atoms with Crippen molar-refractivity contribution in [3.63, 3.8) is 0 Å². The number of carboxylic acid groups (broad SMARTS) is 1. The highest BCUT2D eigenvalue weighted by molar-refractivity contribution is 5.92. The number of fused-ring (bicyclic) bond motifs is 1. The second-order valence-electron chi connectivity index (χ2n) is 10.1. The molecule has 1 aromatic heterocycles. The van der Waals surface area contributed by atoms with E-state index in [-0.39, 0.29) is 30.7 Å². The molecule has 2 heterocycles. The minimum Gasteiger partial charge on any atom is -0.480 e. The molecule has 0 bridgehead atoms. The normalized spacial score (nSPS) is 16.9. The van der Waals surface area contributed by atoms with Crippen LogP contribution in [-0.4, -0.2) is 56.0 Å². The van der Waals surface area contributed by atoms with Crippen molar-refractivity contribution in [3.8, 4) is 0 Å². The molecule has 0 saturated carbocycles. The number of carbonyl (C=O) groups is 3. The van der Waals surface area contributed by atoms with Crippen LogP contribution in [0.25, 0.3) is 10.9 Å². The first-order chi connectivity index (χ1) is 18.2. The van der Waals surface area contributed by atoms with Crippen molar-refractivity contribution in [1.29, 1.82) is 0 Å². The maximum atomic E-state index is 14.0. The molecular weight excluding hydrogens is 488 g/mol. The summed E-state index contributed by atoms with van der Waals surface area (Å²) in [5.74, 6) is -2.19. The van der Waals surface area contributed by atoms with Crippen LogP contribution in [0, 0.1) is 5.92 Å². The van der Waals surface area contributed by atoms with Crippen LogP contribution >= 0.6 is 0 Å². The van der Waals surface area contributed by atoms with Gasteiger partial charge in [-0.1, -0.05) is 56.3 Å². The standard InChI is InChI=1S/C28H32N4O6/c1-17(2)15-21(27(36)37)29-24(33)22-13-8-14-31(22)26(35)23(16-18-9-4-3-5-10-18)32-25(34)19-11-6-7-12-20(19)30-28(32)38/h3-7,9-12,17,21-23H,8,13-16H2,1-2H3,(H,29,33)(H,30,38)(H,36,37). The Bertz CT molecular complexity index is 1440. The van der Waals surface area contributed by atoms with Crippen molar-refractivity contribution in [1.82, 2.24) is 19.8 Å². The molecule has 1 saturated heterocycles. The molecular formula is C28H32N4O6. The number of amides is 2. The Hall–Kier alpha value is -4.21. The summed E-state index contributed by atoms with van der Waals surface area (Å²) in [5.41, 5.74) is -0.200. The van der Waals surface area contributed by atoms with E-state index in [0.717, 1.165) is 10.1 Å². The molecule has 1 fully saturated rings. The van der Waals surface area contributed by atoms with Gasteiger partial charge in [0.2, 0.25) is 11.8 Å². The zero-order chi connectivity index (χ0) is 27.4. The predicted molar refractivity (Wildman–Crippen MR) is 142 cm³/mol. The summed E-state index contributed by atoms with van der Waals surface area (Å²) in [4.78, 5) is 69.6. The smallest absolute Gasteiger partial charge is 0.329 e. The zero-order valence-corrected chi connectivity index (χ0v) is 21.4. The number of aromatic nitrogens is 2. The fourth-order valence-corrected chi connectivity index (χ4v) is 5.04. The highest BCUT2D eigenvalue weighted by Crippen LogP contribution is 2.24. The van der Waals surface area contributed by atoms with Crippen molar-refractivity contribution >= 4 is 28.7 Å². The molecule has 4 rings (SSSR count). The Balaban J connectivity index is 1.71. The number of likely N-dealkylation sites (tertiary alicyclic amines) is 1. The molecule has 1 aliphatic rings. The lowest BCUT2D eigenvalue weighted by Crippen LogP contribution is -2.54. The quantitative estimate of drug-likeness (QED) is 0.394. The Morgan fingerprint density at radius 3 is 2.42 bits per heavy atom. The van der Waals surface area contributed by atoms with Gasteiger partial charge in [-0.15, -0.1) is 0 Å². The van der Waals surface area contributed by atoms with Gasteiger partial charge in [-0.3, -0.25) is 14.4 Å². The van der Waals surface area contributed by atoms with E-state index >= 15 is 0 Å². The van der Waals surface area contributed by atoms with E-state index < -0.39 is 47.2 Å². The van der Waals surface area contributed by atoms with Crippen LogP contribution in [0.4, 0.5) is 0 Å². The van der Waals surface area contributed by atoms with E-state index in [1.165, 1.54) is 4.90 Å². The molecule has 10 heteroatoms. The molecule has 3 aromatic rings. The van der Waals surface area contributed by atoms with Crippen LogP contribution in [0.5, 0.6) is 0 Å². The lowest BCUT2D eigenvalue weighted by Gasteiger charge is -2.30. The number of hydrogen-bond acceptors (Lipinski definition) is 5. The van der Waals surface area contributed by atoms with Gasteiger partial charge >= 0.3 is 11.7 Å². The van der Waals surface area contributed by atoms with E-state index in [1.54, 1.807) is 48.5 Å². The minimum atomic E-state index is -1.20. The first-order valence-corrected chi connectivity index (χ1v) is 12.8. The highest BCUT2D eigenvalue weighted by Gasteiger charge is 2.40. The lowest BCUT2D eigenvalue weighted by atomic mass is 10.0. The molecule has 0 spiro atoms. The summed E-state index contributed by atoms with van der Waals surface area (Å²) < 4.78 is 0.934. The van der Waals surface area contributed by atoms with Gasteiger partial charge in [-0.25, -0.2) is 14.2 Å². The van der Waals surface area contributed by atoms with Gasteiger partial charge in [0.05, 0.1) is 10.9 Å². The fraction of sp³-hybridized carbons (Fsp3) is 0.393. The number of para-hydroxylation sites is 1. The molecule has 0 aliphatic carbocycles. The van der Waals surface area contributed by atoms with Crippen molar-refractivity contribution < 1.29 is 19.5 Å². The van der Waals surface area contributed by atoms with Crippen LogP contribution in [0.2, 0.25) is 0 Å². The number of nitrogens with one attached hydrogen (secondary N) is 2. The van der Waals surface area contributed by atoms with Gasteiger partial charge in [-0.05, 0) is 42.9 Å². The number of carboxylic acids is 1. The first-order valence-electron chi connectivity index (χ1n) is 12.8. The Kier molecular flexibility index (Phi) is 8.09. The van der Waals surface area contributed by atoms with Crippen LogP contribution in [-0.2, 0) is 20.8 Å². The van der Waals surface area contributed by atoms with E-state index in [1.807, 2.05) is 19.9 Å². The summed E-state index contributed by atoms with van der Waals surface area (Å²) in [6, 6.07) is 12.4. The summed E-state index contributed by atoms with van der Waals surface area (Å²) in [6.07, 6.45) is 1.20. The van der Waals surface area contributed by atoms with Crippen molar-refractivity contribution in [2.24, 2.45) is 5.92 Å². The SMILES string of the molecule is CC(C)CC(NC(=O)C1CCCN1C(=O)C(Cc1ccccc1)n1c(=O)[nH]c2ccccc2c1=O)C(=O)O. The molecule has 0 radical (unpaired) electrons. The predicted octanol–water partition coefficient (Wildman–Crippen LogP) is 2.08. The molecule has 38 heavy (non-hydrogen) atoms. The maximum Gasteiger partial charge on any atom is 0.329 e. The number of aromatic amines is 1. The van der Waals surface area contributed by atoms with Gasteiger partial charge in [-0.2, -0.15) is 0 Å². The second-order valence-corrected chi connectivity index (χ2v) is 10.1. The summed E-state index contributed by atoms with van der Waals surface area (Å²) in [5, 5.41) is 12.4. The average molecular weight is 521 g/mol. The zero-order valence-electron chi connectivity index (χ0n) is 21.4. The Morgan fingerprint density at radius 2 is 1.74 bits per heavy atom. The summed E-state index contributed by atoms with van der Waals surface area (Å²) >= 11 is 0. The summed E-state index contributed by atoms with van der Waals surface area (Å²) in [7, 11) is 0. The van der Waals surface area contributed by atoms with E-state index in [9.17, 15) is 29.1 Å². The Labute approximate surface area is 219 Å². The molecule has 3 atom stereocenters. The van der Waals surface area contributed by atoms with Gasteiger partial charge in [0.15, 0.2) is 0 Å². The van der Waals surface area contributed by atoms with E-state index in [2.05, 4.69) is 10.3 Å². The van der Waals surface area contributed by atoms with Crippen molar-refractivity contribution in [2.75, 3.05) is 6.54 Å². The van der Waals surface area contributed by atoms with E-state index in [0.29, 0.717) is 18.4 Å². The molecule has 10 nitrogen and oxygen atoms in total. The van der Waals surface area contributed by atoms with Crippen LogP contribution in [0.3, 0.4) is 0 Å². The van der Waals surface area contributed by atoms with Gasteiger partial charge in [0, 0.05) is 13.0 Å². The number of carbonyl (C=O) groups excluding carboxylic acids is 2. The molecule has 2 aromatic carbocycles. The van der Waals surface area contributed by atoms with Crippen LogP contribution < -0.4 is 16.6 Å². The third kappa shape index (κ3) is 5.69. The lowest BCUT2D eigenvalue weighted by molar-refractivity contribution is -0.145. The Morgan fingerprint density at radius 1 is 1.05 bits per heavy atom. The topological polar surface area (TPSA) is 142 Å². The monoisotopic (exact) mass is 520 g/mol. The highest BCUT2D eigenvalue weighted by atomic mass is 16.4. The number of rotatable bonds is 9. The molecule has 200 valence electrons. The maximum absolute atomic E-state index is 14.0. The summed E-state index contributed by atoms with van der Waals surface area (Å²) in [6.45, 7) is 3.98. The average Bonchev–Trinajstić information content (AvgIpc) is 3.38.